The van der Waals surface area contributed by atoms with Gasteiger partial charge in [-0.25, -0.2) is 0 Å². The second-order valence-corrected chi connectivity index (χ2v) is 3.92. The molecule has 0 aliphatic carbocycles. The second-order valence-electron chi connectivity index (χ2n) is 3.92. The van der Waals surface area contributed by atoms with Crippen molar-refractivity contribution in [3.8, 4) is 11.5 Å². The SMILES string of the molecule is O=[N+]([O-])c1ccc(N/N=C/c2ccc(O)c(O)c2)cc1. The molecule has 2 aromatic carbocycles. The summed E-state index contributed by atoms with van der Waals surface area (Å²) in [6, 6.07) is 10.1. The van der Waals surface area contributed by atoms with Crippen LogP contribution in [0.1, 0.15) is 5.56 Å². The lowest BCUT2D eigenvalue weighted by Gasteiger charge is -2.00. The van der Waals surface area contributed by atoms with Crippen LogP contribution in [0.5, 0.6) is 11.5 Å². The van der Waals surface area contributed by atoms with Gasteiger partial charge in [-0.3, -0.25) is 15.5 Å². The molecule has 0 saturated carbocycles. The molecular weight excluding hydrogens is 262 g/mol. The fraction of sp³-hybridized carbons (Fsp3) is 0. The summed E-state index contributed by atoms with van der Waals surface area (Å²) in [6.07, 6.45) is 1.45. The Labute approximate surface area is 114 Å². The zero-order valence-electron chi connectivity index (χ0n) is 10.2. The quantitative estimate of drug-likeness (QED) is 0.343. The van der Waals surface area contributed by atoms with E-state index in [2.05, 4.69) is 10.5 Å². The third kappa shape index (κ3) is 3.22. The molecule has 0 radical (unpaired) electrons. The summed E-state index contributed by atoms with van der Waals surface area (Å²) < 4.78 is 0. The molecule has 0 spiro atoms. The van der Waals surface area contributed by atoms with Crippen molar-refractivity contribution in [3.63, 3.8) is 0 Å². The van der Waals surface area contributed by atoms with E-state index in [4.69, 9.17) is 5.11 Å². The van der Waals surface area contributed by atoms with Crippen molar-refractivity contribution >= 4 is 17.6 Å². The number of rotatable bonds is 4. The minimum atomic E-state index is -0.480. The molecule has 0 heterocycles. The van der Waals surface area contributed by atoms with Crippen LogP contribution in [-0.4, -0.2) is 21.4 Å². The van der Waals surface area contributed by atoms with Crippen LogP contribution < -0.4 is 5.43 Å². The summed E-state index contributed by atoms with van der Waals surface area (Å²) in [5, 5.41) is 32.9. The molecule has 20 heavy (non-hydrogen) atoms. The molecule has 3 N–H and O–H groups in total. The molecule has 0 aromatic heterocycles. The predicted octanol–water partition coefficient (Wildman–Crippen LogP) is 2.45. The highest BCUT2D eigenvalue weighted by molar-refractivity contribution is 5.81. The van der Waals surface area contributed by atoms with E-state index in [9.17, 15) is 15.2 Å². The zero-order chi connectivity index (χ0) is 14.5. The van der Waals surface area contributed by atoms with E-state index in [0.717, 1.165) is 0 Å². The molecule has 0 aliphatic heterocycles. The molecule has 0 atom stereocenters. The minimum absolute atomic E-state index is 0.00277. The zero-order valence-corrected chi connectivity index (χ0v) is 10.2. The first-order valence-electron chi connectivity index (χ1n) is 5.62. The monoisotopic (exact) mass is 273 g/mol. The van der Waals surface area contributed by atoms with Crippen molar-refractivity contribution in [2.45, 2.75) is 0 Å². The summed E-state index contributed by atoms with van der Waals surface area (Å²) >= 11 is 0. The number of nitrogens with zero attached hydrogens (tertiary/aromatic N) is 2. The van der Waals surface area contributed by atoms with E-state index in [1.165, 1.54) is 42.6 Å². The van der Waals surface area contributed by atoms with Crippen LogP contribution in [0.15, 0.2) is 47.6 Å². The van der Waals surface area contributed by atoms with Crippen molar-refractivity contribution in [1.29, 1.82) is 0 Å². The first-order valence-corrected chi connectivity index (χ1v) is 5.62. The van der Waals surface area contributed by atoms with Crippen LogP contribution in [-0.2, 0) is 0 Å². The number of nitrogens with one attached hydrogen (secondary N) is 1. The van der Waals surface area contributed by atoms with Crippen molar-refractivity contribution < 1.29 is 15.1 Å². The van der Waals surface area contributed by atoms with Gasteiger partial charge in [0.1, 0.15) is 0 Å². The van der Waals surface area contributed by atoms with Crippen molar-refractivity contribution in [2.24, 2.45) is 5.10 Å². The van der Waals surface area contributed by atoms with Gasteiger partial charge in [-0.05, 0) is 35.9 Å². The first-order chi connectivity index (χ1) is 9.56. The highest BCUT2D eigenvalue weighted by Crippen LogP contribution is 2.24. The number of non-ortho nitro benzene ring substituents is 1. The molecule has 0 saturated heterocycles. The first kappa shape index (κ1) is 13.3. The molecule has 7 nitrogen and oxygen atoms in total. The summed E-state index contributed by atoms with van der Waals surface area (Å²) in [5.74, 6) is -0.435. The fourth-order valence-corrected chi connectivity index (χ4v) is 1.46. The number of hydrogen-bond acceptors (Lipinski definition) is 6. The molecule has 0 bridgehead atoms. The lowest BCUT2D eigenvalue weighted by atomic mass is 10.2. The van der Waals surface area contributed by atoms with Gasteiger partial charge >= 0.3 is 0 Å². The average molecular weight is 273 g/mol. The number of phenols is 2. The van der Waals surface area contributed by atoms with Gasteiger partial charge in [0.25, 0.3) is 5.69 Å². The maximum Gasteiger partial charge on any atom is 0.269 e. The van der Waals surface area contributed by atoms with E-state index < -0.39 is 4.92 Å². The minimum Gasteiger partial charge on any atom is -0.504 e. The third-order valence-electron chi connectivity index (χ3n) is 2.48. The summed E-state index contributed by atoms with van der Waals surface area (Å²) in [5.41, 5.74) is 3.88. The normalized spacial score (nSPS) is 10.6. The van der Waals surface area contributed by atoms with E-state index in [1.807, 2.05) is 0 Å². The number of phenolic OH excluding ortho intramolecular Hbond substituents is 2. The average Bonchev–Trinajstić information content (AvgIpc) is 2.43. The Hall–Kier alpha value is -3.09. The van der Waals surface area contributed by atoms with Gasteiger partial charge in [0.05, 0.1) is 16.8 Å². The maximum absolute atomic E-state index is 10.5. The van der Waals surface area contributed by atoms with Crippen LogP contribution in [0.4, 0.5) is 11.4 Å². The smallest absolute Gasteiger partial charge is 0.269 e. The highest BCUT2D eigenvalue weighted by Gasteiger charge is 2.03. The molecule has 2 rings (SSSR count). The van der Waals surface area contributed by atoms with Gasteiger partial charge in [-0.1, -0.05) is 0 Å². The van der Waals surface area contributed by atoms with Crippen LogP contribution in [0.3, 0.4) is 0 Å². The summed E-state index contributed by atoms with van der Waals surface area (Å²) in [4.78, 5) is 10.0. The number of hydrogen-bond donors (Lipinski definition) is 3. The number of benzene rings is 2. The predicted molar refractivity (Wildman–Crippen MR) is 74.1 cm³/mol. The fourth-order valence-electron chi connectivity index (χ4n) is 1.46. The third-order valence-corrected chi connectivity index (χ3v) is 2.48. The highest BCUT2D eigenvalue weighted by atomic mass is 16.6. The Kier molecular flexibility index (Phi) is 3.80. The van der Waals surface area contributed by atoms with E-state index in [0.29, 0.717) is 11.3 Å². The van der Waals surface area contributed by atoms with Crippen molar-refractivity contribution in [3.05, 3.63) is 58.1 Å². The van der Waals surface area contributed by atoms with Crippen molar-refractivity contribution in [2.75, 3.05) is 5.43 Å². The number of anilines is 1. The van der Waals surface area contributed by atoms with Gasteiger partial charge in [0, 0.05) is 12.1 Å². The standard InChI is InChI=1S/C13H11N3O4/c17-12-6-1-9(7-13(12)18)8-14-15-10-2-4-11(5-3-10)16(19)20/h1-8,15,17-18H/b14-8+. The summed E-state index contributed by atoms with van der Waals surface area (Å²) in [7, 11) is 0. The van der Waals surface area contributed by atoms with Gasteiger partial charge in [0.15, 0.2) is 11.5 Å². The second kappa shape index (κ2) is 5.70. The Morgan fingerprint density at radius 1 is 1.10 bits per heavy atom. The number of hydrazone groups is 1. The van der Waals surface area contributed by atoms with Crippen LogP contribution >= 0.6 is 0 Å². The molecule has 0 fully saturated rings. The largest absolute Gasteiger partial charge is 0.504 e. The van der Waals surface area contributed by atoms with Crippen LogP contribution in [0.25, 0.3) is 0 Å². The van der Waals surface area contributed by atoms with Crippen LogP contribution in [0, 0.1) is 10.1 Å². The Morgan fingerprint density at radius 2 is 1.80 bits per heavy atom. The Balaban J connectivity index is 2.02. The Bertz CT molecular complexity index is 653. The van der Waals surface area contributed by atoms with Gasteiger partial charge in [0.2, 0.25) is 0 Å². The topological polar surface area (TPSA) is 108 Å². The van der Waals surface area contributed by atoms with Crippen LogP contribution in [0.2, 0.25) is 0 Å². The molecule has 0 aliphatic rings. The molecule has 2 aromatic rings. The van der Waals surface area contributed by atoms with E-state index in [-0.39, 0.29) is 17.2 Å². The molecule has 0 amide bonds. The molecule has 7 heteroatoms. The molecule has 0 unspecified atom stereocenters. The number of aromatic hydroxyl groups is 2. The van der Waals surface area contributed by atoms with Gasteiger partial charge in [-0.15, -0.1) is 0 Å². The van der Waals surface area contributed by atoms with Gasteiger partial charge < -0.3 is 10.2 Å². The van der Waals surface area contributed by atoms with Gasteiger partial charge in [-0.2, -0.15) is 5.10 Å². The lowest BCUT2D eigenvalue weighted by Crippen LogP contribution is -1.92. The molecule has 102 valence electrons. The lowest BCUT2D eigenvalue weighted by molar-refractivity contribution is -0.384. The molecular formula is C13H11N3O4. The van der Waals surface area contributed by atoms with E-state index in [1.54, 1.807) is 6.07 Å². The van der Waals surface area contributed by atoms with Crippen molar-refractivity contribution in [1.82, 2.24) is 0 Å². The maximum atomic E-state index is 10.5. The number of nitro groups is 1. The Morgan fingerprint density at radius 3 is 2.40 bits per heavy atom. The number of nitro benzene ring substituents is 1. The van der Waals surface area contributed by atoms with E-state index >= 15 is 0 Å². The summed E-state index contributed by atoms with van der Waals surface area (Å²) in [6.45, 7) is 0.